The molecule has 0 amide bonds. The predicted molar refractivity (Wildman–Crippen MR) is 65.3 cm³/mol. The smallest absolute Gasteiger partial charge is 0.166 e. The van der Waals surface area contributed by atoms with Crippen molar-refractivity contribution in [2.24, 2.45) is 11.5 Å². The first-order chi connectivity index (χ1) is 7.33. The zero-order valence-electron chi connectivity index (χ0n) is 9.02. The first-order valence-electron chi connectivity index (χ1n) is 5.17. The monoisotopic (exact) mass is 244 g/mol. The number of ether oxygens (including phenoxy) is 2. The highest BCUT2D eigenvalue weighted by atomic mass is 35.5. The zero-order valence-corrected chi connectivity index (χ0v) is 9.83. The second kappa shape index (κ2) is 5.94. The lowest BCUT2D eigenvalue weighted by atomic mass is 10.0. The van der Waals surface area contributed by atoms with Crippen molar-refractivity contribution in [2.45, 2.75) is 12.5 Å². The second-order valence-corrected chi connectivity index (χ2v) is 3.56. The molecule has 2 rings (SSSR count). The van der Waals surface area contributed by atoms with Crippen molar-refractivity contribution in [2.75, 3.05) is 19.8 Å². The van der Waals surface area contributed by atoms with Crippen LogP contribution in [0.2, 0.25) is 0 Å². The van der Waals surface area contributed by atoms with E-state index >= 15 is 0 Å². The van der Waals surface area contributed by atoms with Gasteiger partial charge in [-0.25, -0.2) is 0 Å². The lowest BCUT2D eigenvalue weighted by molar-refractivity contribution is 0.169. The van der Waals surface area contributed by atoms with Gasteiger partial charge in [-0.1, -0.05) is 12.1 Å². The Morgan fingerprint density at radius 1 is 1.25 bits per heavy atom. The minimum absolute atomic E-state index is 0. The van der Waals surface area contributed by atoms with Gasteiger partial charge in [-0.15, -0.1) is 12.4 Å². The van der Waals surface area contributed by atoms with Gasteiger partial charge in [0.1, 0.15) is 13.2 Å². The standard InChI is InChI=1S/C11H16N2O2.ClH/c12-5-4-9(13)8-2-1-3-10-11(8)15-7-6-14-10;/h1-3,9H,4-7,12-13H2;1H/t9-;/m1./s1. The van der Waals surface area contributed by atoms with Gasteiger partial charge >= 0.3 is 0 Å². The van der Waals surface area contributed by atoms with Gasteiger partial charge in [-0.05, 0) is 19.0 Å². The SMILES string of the molecule is Cl.NCC[C@@H](N)c1cccc2c1OCCO2. The first kappa shape index (κ1) is 13.1. The van der Waals surface area contributed by atoms with Gasteiger partial charge in [-0.3, -0.25) is 0 Å². The van der Waals surface area contributed by atoms with Crippen LogP contribution in [0, 0.1) is 0 Å². The fourth-order valence-electron chi connectivity index (χ4n) is 1.72. The molecule has 0 unspecified atom stereocenters. The lowest BCUT2D eigenvalue weighted by Gasteiger charge is -2.23. The van der Waals surface area contributed by atoms with E-state index in [1.54, 1.807) is 0 Å². The third-order valence-electron chi connectivity index (χ3n) is 2.47. The minimum Gasteiger partial charge on any atom is -0.486 e. The maximum Gasteiger partial charge on any atom is 0.166 e. The zero-order chi connectivity index (χ0) is 10.7. The summed E-state index contributed by atoms with van der Waals surface area (Å²) in [6, 6.07) is 5.71. The van der Waals surface area contributed by atoms with E-state index in [-0.39, 0.29) is 18.4 Å². The number of benzene rings is 1. The quantitative estimate of drug-likeness (QED) is 0.839. The van der Waals surface area contributed by atoms with Gasteiger partial charge in [-0.2, -0.15) is 0 Å². The molecule has 0 aromatic heterocycles. The van der Waals surface area contributed by atoms with Crippen LogP contribution in [0.5, 0.6) is 11.5 Å². The Morgan fingerprint density at radius 2 is 2.00 bits per heavy atom. The van der Waals surface area contributed by atoms with E-state index in [1.165, 1.54) is 0 Å². The van der Waals surface area contributed by atoms with Crippen molar-refractivity contribution in [3.05, 3.63) is 23.8 Å². The number of para-hydroxylation sites is 1. The Kier molecular flexibility index (Phi) is 4.86. The molecule has 1 aromatic carbocycles. The van der Waals surface area contributed by atoms with Crippen LogP contribution >= 0.6 is 12.4 Å². The Labute approximate surface area is 101 Å². The number of nitrogens with two attached hydrogens (primary N) is 2. The molecular formula is C11H17ClN2O2. The van der Waals surface area contributed by atoms with Crippen molar-refractivity contribution in [1.82, 2.24) is 0 Å². The number of halogens is 1. The van der Waals surface area contributed by atoms with Crippen LogP contribution in [-0.4, -0.2) is 19.8 Å². The van der Waals surface area contributed by atoms with Gasteiger partial charge in [0.2, 0.25) is 0 Å². The largest absolute Gasteiger partial charge is 0.486 e. The molecule has 16 heavy (non-hydrogen) atoms. The van der Waals surface area contributed by atoms with Gasteiger partial charge in [0, 0.05) is 11.6 Å². The summed E-state index contributed by atoms with van der Waals surface area (Å²) in [6.45, 7) is 1.76. The Morgan fingerprint density at radius 3 is 2.75 bits per heavy atom. The summed E-state index contributed by atoms with van der Waals surface area (Å²) in [6.07, 6.45) is 0.750. The Balaban J connectivity index is 0.00000128. The summed E-state index contributed by atoms with van der Waals surface area (Å²) >= 11 is 0. The van der Waals surface area contributed by atoms with Crippen LogP contribution < -0.4 is 20.9 Å². The maximum absolute atomic E-state index is 6.01. The van der Waals surface area contributed by atoms with Gasteiger partial charge in [0.15, 0.2) is 11.5 Å². The number of fused-ring (bicyclic) bond motifs is 1. The molecule has 1 atom stereocenters. The molecule has 0 saturated heterocycles. The molecule has 90 valence electrons. The molecule has 0 bridgehead atoms. The highest BCUT2D eigenvalue weighted by Crippen LogP contribution is 2.36. The molecular weight excluding hydrogens is 228 g/mol. The van der Waals surface area contributed by atoms with Gasteiger partial charge < -0.3 is 20.9 Å². The molecule has 1 aliphatic rings. The van der Waals surface area contributed by atoms with Gasteiger partial charge in [0.05, 0.1) is 0 Å². The van der Waals surface area contributed by atoms with E-state index in [9.17, 15) is 0 Å². The van der Waals surface area contributed by atoms with Crippen LogP contribution in [0.15, 0.2) is 18.2 Å². The normalized spacial score (nSPS) is 15.1. The third kappa shape index (κ3) is 2.58. The average molecular weight is 245 g/mol. The molecule has 0 aliphatic carbocycles. The molecule has 0 radical (unpaired) electrons. The highest BCUT2D eigenvalue weighted by Gasteiger charge is 2.18. The van der Waals surface area contributed by atoms with Crippen LogP contribution in [-0.2, 0) is 0 Å². The molecule has 1 aliphatic heterocycles. The van der Waals surface area contributed by atoms with Gasteiger partial charge in [0.25, 0.3) is 0 Å². The van der Waals surface area contributed by atoms with E-state index in [0.717, 1.165) is 23.5 Å². The van der Waals surface area contributed by atoms with E-state index in [1.807, 2.05) is 18.2 Å². The molecule has 1 heterocycles. The molecule has 4 nitrogen and oxygen atoms in total. The van der Waals surface area contributed by atoms with Crippen molar-refractivity contribution >= 4 is 12.4 Å². The van der Waals surface area contributed by atoms with E-state index in [4.69, 9.17) is 20.9 Å². The Hall–Kier alpha value is -0.970. The van der Waals surface area contributed by atoms with Crippen molar-refractivity contribution in [1.29, 1.82) is 0 Å². The van der Waals surface area contributed by atoms with Crippen LogP contribution in [0.4, 0.5) is 0 Å². The summed E-state index contributed by atoms with van der Waals surface area (Å²) in [5.41, 5.74) is 12.5. The first-order valence-corrected chi connectivity index (χ1v) is 5.17. The van der Waals surface area contributed by atoms with Crippen molar-refractivity contribution < 1.29 is 9.47 Å². The Bertz CT molecular complexity index is 347. The number of hydrogen-bond donors (Lipinski definition) is 2. The maximum atomic E-state index is 6.01. The molecule has 0 fully saturated rings. The summed E-state index contributed by atoms with van der Waals surface area (Å²) in [4.78, 5) is 0. The third-order valence-corrected chi connectivity index (χ3v) is 2.47. The molecule has 5 heteroatoms. The summed E-state index contributed by atoms with van der Waals surface area (Å²) in [7, 11) is 0. The number of hydrogen-bond acceptors (Lipinski definition) is 4. The molecule has 1 aromatic rings. The van der Waals surface area contributed by atoms with Crippen molar-refractivity contribution in [3.8, 4) is 11.5 Å². The highest BCUT2D eigenvalue weighted by molar-refractivity contribution is 5.85. The van der Waals surface area contributed by atoms with Crippen LogP contribution in [0.1, 0.15) is 18.0 Å². The van der Waals surface area contributed by atoms with Crippen LogP contribution in [0.25, 0.3) is 0 Å². The lowest BCUT2D eigenvalue weighted by Crippen LogP contribution is -2.20. The molecule has 4 N–H and O–H groups in total. The second-order valence-electron chi connectivity index (χ2n) is 3.56. The average Bonchev–Trinajstić information content (AvgIpc) is 2.28. The van der Waals surface area contributed by atoms with E-state index in [0.29, 0.717) is 19.8 Å². The van der Waals surface area contributed by atoms with E-state index in [2.05, 4.69) is 0 Å². The molecule has 0 spiro atoms. The fourth-order valence-corrected chi connectivity index (χ4v) is 1.72. The fraction of sp³-hybridized carbons (Fsp3) is 0.455. The topological polar surface area (TPSA) is 70.5 Å². The summed E-state index contributed by atoms with van der Waals surface area (Å²) in [5, 5.41) is 0. The summed E-state index contributed by atoms with van der Waals surface area (Å²) < 4.78 is 11.1. The minimum atomic E-state index is -0.0772. The summed E-state index contributed by atoms with van der Waals surface area (Å²) in [5.74, 6) is 1.57. The van der Waals surface area contributed by atoms with Crippen molar-refractivity contribution in [3.63, 3.8) is 0 Å². The number of rotatable bonds is 3. The predicted octanol–water partition coefficient (Wildman–Crippen LogP) is 1.23. The van der Waals surface area contributed by atoms with Crippen LogP contribution in [0.3, 0.4) is 0 Å². The van der Waals surface area contributed by atoms with E-state index < -0.39 is 0 Å². The molecule has 0 saturated carbocycles.